The van der Waals surface area contributed by atoms with Gasteiger partial charge in [-0.3, -0.25) is 4.79 Å². The van der Waals surface area contributed by atoms with E-state index in [-0.39, 0.29) is 11.9 Å². The molecule has 4 heteroatoms. The molecule has 3 nitrogen and oxygen atoms in total. The van der Waals surface area contributed by atoms with Crippen LogP contribution in [0.25, 0.3) is 0 Å². The molecule has 0 saturated carbocycles. The number of carbonyl (C=O) groups excluding carboxylic acids is 1. The molecule has 3 rings (SSSR count). The van der Waals surface area contributed by atoms with E-state index in [1.165, 1.54) is 5.56 Å². The van der Waals surface area contributed by atoms with Gasteiger partial charge in [-0.05, 0) is 43.0 Å². The van der Waals surface area contributed by atoms with Crippen molar-refractivity contribution < 1.29 is 4.79 Å². The highest BCUT2D eigenvalue weighted by Gasteiger charge is 2.21. The Labute approximate surface area is 148 Å². The molecule has 0 aromatic heterocycles. The fourth-order valence-electron chi connectivity index (χ4n) is 3.14. The number of halogens is 1. The Hall–Kier alpha value is -1.84. The first-order valence-electron chi connectivity index (χ1n) is 8.54. The average Bonchev–Trinajstić information content (AvgIpc) is 2.63. The Morgan fingerprint density at radius 1 is 1.04 bits per heavy atom. The first kappa shape index (κ1) is 17.0. The van der Waals surface area contributed by atoms with E-state index in [2.05, 4.69) is 16.3 Å². The number of hydrogen-bond donors (Lipinski definition) is 1. The molecule has 1 amide bonds. The van der Waals surface area contributed by atoms with Gasteiger partial charge in [-0.15, -0.1) is 0 Å². The lowest BCUT2D eigenvalue weighted by Crippen LogP contribution is -2.45. The monoisotopic (exact) mass is 342 g/mol. The SMILES string of the molecule is O=C(NC1CCN(CCc2ccccc2Cl)CC1)c1ccccc1. The van der Waals surface area contributed by atoms with Gasteiger partial charge in [0.1, 0.15) is 0 Å². The van der Waals surface area contributed by atoms with Gasteiger partial charge in [-0.1, -0.05) is 48.0 Å². The van der Waals surface area contributed by atoms with E-state index in [9.17, 15) is 4.79 Å². The molecule has 1 aliphatic heterocycles. The summed E-state index contributed by atoms with van der Waals surface area (Å²) in [4.78, 5) is 14.7. The Morgan fingerprint density at radius 3 is 2.42 bits per heavy atom. The lowest BCUT2D eigenvalue weighted by Gasteiger charge is -2.32. The molecule has 2 aromatic carbocycles. The third-order valence-corrected chi connectivity index (χ3v) is 4.98. The zero-order valence-corrected chi connectivity index (χ0v) is 14.5. The highest BCUT2D eigenvalue weighted by molar-refractivity contribution is 6.31. The Balaban J connectivity index is 1.43. The van der Waals surface area contributed by atoms with Crippen molar-refractivity contribution in [1.29, 1.82) is 0 Å². The summed E-state index contributed by atoms with van der Waals surface area (Å²) in [5, 5.41) is 4.00. The molecule has 24 heavy (non-hydrogen) atoms. The molecule has 1 aliphatic rings. The van der Waals surface area contributed by atoms with Gasteiger partial charge in [0.15, 0.2) is 0 Å². The number of rotatable bonds is 5. The summed E-state index contributed by atoms with van der Waals surface area (Å²) >= 11 is 6.21. The summed E-state index contributed by atoms with van der Waals surface area (Å²) in [7, 11) is 0. The lowest BCUT2D eigenvalue weighted by atomic mass is 10.0. The molecule has 1 saturated heterocycles. The van der Waals surface area contributed by atoms with Crippen molar-refractivity contribution in [3.8, 4) is 0 Å². The van der Waals surface area contributed by atoms with Crippen LogP contribution < -0.4 is 5.32 Å². The van der Waals surface area contributed by atoms with Crippen LogP contribution in [-0.2, 0) is 6.42 Å². The number of hydrogen-bond acceptors (Lipinski definition) is 2. The molecular formula is C20H23ClN2O. The molecule has 1 heterocycles. The Morgan fingerprint density at radius 2 is 1.71 bits per heavy atom. The van der Waals surface area contributed by atoms with Crippen molar-refractivity contribution in [1.82, 2.24) is 10.2 Å². The summed E-state index contributed by atoms with van der Waals surface area (Å²) in [6.45, 7) is 3.05. The van der Waals surface area contributed by atoms with Crippen LogP contribution >= 0.6 is 11.6 Å². The van der Waals surface area contributed by atoms with E-state index in [1.54, 1.807) is 0 Å². The first-order chi connectivity index (χ1) is 11.7. The van der Waals surface area contributed by atoms with E-state index in [0.717, 1.165) is 49.5 Å². The quantitative estimate of drug-likeness (QED) is 0.897. The molecule has 0 radical (unpaired) electrons. The number of likely N-dealkylation sites (tertiary alicyclic amines) is 1. The standard InChI is InChI=1S/C20H23ClN2O/c21-19-9-5-4-6-16(19)10-13-23-14-11-18(12-15-23)22-20(24)17-7-2-1-3-8-17/h1-9,18H,10-15H2,(H,22,24). The number of piperidine rings is 1. The van der Waals surface area contributed by atoms with Crippen LogP contribution in [0.3, 0.4) is 0 Å². The second-order valence-corrected chi connectivity index (χ2v) is 6.70. The smallest absolute Gasteiger partial charge is 0.251 e. The van der Waals surface area contributed by atoms with Gasteiger partial charge in [0, 0.05) is 36.3 Å². The van der Waals surface area contributed by atoms with Gasteiger partial charge in [0.2, 0.25) is 0 Å². The minimum absolute atomic E-state index is 0.0325. The second-order valence-electron chi connectivity index (χ2n) is 6.30. The maximum atomic E-state index is 12.2. The van der Waals surface area contributed by atoms with E-state index in [0.29, 0.717) is 0 Å². The predicted octanol–water partition coefficient (Wildman–Crippen LogP) is 3.78. The summed E-state index contributed by atoms with van der Waals surface area (Å²) < 4.78 is 0. The molecule has 2 aromatic rings. The van der Waals surface area contributed by atoms with Gasteiger partial charge >= 0.3 is 0 Å². The lowest BCUT2D eigenvalue weighted by molar-refractivity contribution is 0.0911. The molecule has 0 unspecified atom stereocenters. The minimum atomic E-state index is 0.0325. The molecule has 0 atom stereocenters. The summed E-state index contributed by atoms with van der Waals surface area (Å²) in [5.74, 6) is 0.0325. The van der Waals surface area contributed by atoms with Crippen LogP contribution in [0.4, 0.5) is 0 Å². The molecule has 1 fully saturated rings. The van der Waals surface area contributed by atoms with Gasteiger partial charge < -0.3 is 10.2 Å². The first-order valence-corrected chi connectivity index (χ1v) is 8.92. The Kier molecular flexibility index (Phi) is 5.89. The van der Waals surface area contributed by atoms with Crippen molar-refractivity contribution in [2.24, 2.45) is 0 Å². The molecule has 0 spiro atoms. The minimum Gasteiger partial charge on any atom is -0.349 e. The topological polar surface area (TPSA) is 32.3 Å². The van der Waals surface area contributed by atoms with Crippen LogP contribution in [0.1, 0.15) is 28.8 Å². The van der Waals surface area contributed by atoms with Crippen molar-refractivity contribution in [2.45, 2.75) is 25.3 Å². The third kappa shape index (κ3) is 4.59. The predicted molar refractivity (Wildman–Crippen MR) is 98.5 cm³/mol. The molecular weight excluding hydrogens is 320 g/mol. The molecule has 1 N–H and O–H groups in total. The average molecular weight is 343 g/mol. The molecule has 0 bridgehead atoms. The van der Waals surface area contributed by atoms with E-state index in [1.807, 2.05) is 48.5 Å². The molecule has 126 valence electrons. The number of nitrogens with zero attached hydrogens (tertiary/aromatic N) is 1. The number of carbonyl (C=O) groups is 1. The highest BCUT2D eigenvalue weighted by Crippen LogP contribution is 2.17. The van der Waals surface area contributed by atoms with Crippen molar-refractivity contribution >= 4 is 17.5 Å². The van der Waals surface area contributed by atoms with E-state index >= 15 is 0 Å². The van der Waals surface area contributed by atoms with Crippen LogP contribution in [-0.4, -0.2) is 36.5 Å². The van der Waals surface area contributed by atoms with Crippen molar-refractivity contribution in [3.05, 3.63) is 70.7 Å². The van der Waals surface area contributed by atoms with Crippen molar-refractivity contribution in [3.63, 3.8) is 0 Å². The van der Waals surface area contributed by atoms with E-state index < -0.39 is 0 Å². The van der Waals surface area contributed by atoms with Crippen LogP contribution in [0.2, 0.25) is 5.02 Å². The zero-order chi connectivity index (χ0) is 16.8. The van der Waals surface area contributed by atoms with Gasteiger partial charge in [0.05, 0.1) is 0 Å². The van der Waals surface area contributed by atoms with Crippen LogP contribution in [0.5, 0.6) is 0 Å². The van der Waals surface area contributed by atoms with Gasteiger partial charge in [-0.2, -0.15) is 0 Å². The zero-order valence-electron chi connectivity index (χ0n) is 13.7. The number of amides is 1. The maximum absolute atomic E-state index is 12.2. The third-order valence-electron chi connectivity index (χ3n) is 4.61. The van der Waals surface area contributed by atoms with Crippen LogP contribution in [0, 0.1) is 0 Å². The van der Waals surface area contributed by atoms with Gasteiger partial charge in [-0.25, -0.2) is 0 Å². The van der Waals surface area contributed by atoms with Crippen molar-refractivity contribution in [2.75, 3.05) is 19.6 Å². The second kappa shape index (κ2) is 8.32. The normalized spacial score (nSPS) is 16.0. The Bertz CT molecular complexity index is 666. The number of nitrogens with one attached hydrogen (secondary N) is 1. The fraction of sp³-hybridized carbons (Fsp3) is 0.350. The summed E-state index contributed by atoms with van der Waals surface area (Å²) in [6.07, 6.45) is 2.98. The van der Waals surface area contributed by atoms with E-state index in [4.69, 9.17) is 11.6 Å². The maximum Gasteiger partial charge on any atom is 0.251 e. The number of benzene rings is 2. The highest BCUT2D eigenvalue weighted by atomic mass is 35.5. The molecule has 0 aliphatic carbocycles. The van der Waals surface area contributed by atoms with Gasteiger partial charge in [0.25, 0.3) is 5.91 Å². The summed E-state index contributed by atoms with van der Waals surface area (Å²) in [5.41, 5.74) is 1.94. The fourth-order valence-corrected chi connectivity index (χ4v) is 3.37. The summed E-state index contributed by atoms with van der Waals surface area (Å²) in [6, 6.07) is 17.7. The van der Waals surface area contributed by atoms with Crippen LogP contribution in [0.15, 0.2) is 54.6 Å². The largest absolute Gasteiger partial charge is 0.349 e.